The second-order valence-corrected chi connectivity index (χ2v) is 5.98. The SMILES string of the molecule is Cc1ccc(F)cc1N1CC(c2nc(C(C)C)no2)CC1=O. The van der Waals surface area contributed by atoms with Crippen LogP contribution in [-0.2, 0) is 4.79 Å². The van der Waals surface area contributed by atoms with Crippen molar-refractivity contribution in [3.63, 3.8) is 0 Å². The normalized spacial score (nSPS) is 18.5. The quantitative estimate of drug-likeness (QED) is 0.874. The Hall–Kier alpha value is -2.24. The number of halogens is 1. The van der Waals surface area contributed by atoms with Gasteiger partial charge >= 0.3 is 0 Å². The van der Waals surface area contributed by atoms with Crippen molar-refractivity contribution < 1.29 is 13.7 Å². The topological polar surface area (TPSA) is 59.2 Å². The summed E-state index contributed by atoms with van der Waals surface area (Å²) in [6, 6.07) is 4.46. The minimum atomic E-state index is -0.350. The van der Waals surface area contributed by atoms with E-state index in [-0.39, 0.29) is 23.6 Å². The fourth-order valence-electron chi connectivity index (χ4n) is 2.63. The van der Waals surface area contributed by atoms with Crippen LogP contribution in [0.25, 0.3) is 0 Å². The third-order valence-electron chi connectivity index (χ3n) is 3.91. The molecule has 0 N–H and O–H groups in total. The molecule has 1 unspecified atom stereocenters. The molecule has 22 heavy (non-hydrogen) atoms. The zero-order valence-electron chi connectivity index (χ0n) is 12.8. The van der Waals surface area contributed by atoms with Gasteiger partial charge in [-0.1, -0.05) is 25.1 Å². The van der Waals surface area contributed by atoms with E-state index in [9.17, 15) is 9.18 Å². The Labute approximate surface area is 128 Å². The number of anilines is 1. The molecule has 0 radical (unpaired) electrons. The Kier molecular flexibility index (Phi) is 3.68. The van der Waals surface area contributed by atoms with Gasteiger partial charge in [-0.15, -0.1) is 0 Å². The van der Waals surface area contributed by atoms with Crippen molar-refractivity contribution in [1.29, 1.82) is 0 Å². The lowest BCUT2D eigenvalue weighted by molar-refractivity contribution is -0.117. The Morgan fingerprint density at radius 1 is 1.41 bits per heavy atom. The van der Waals surface area contributed by atoms with Crippen molar-refractivity contribution in [3.05, 3.63) is 41.3 Å². The molecule has 5 nitrogen and oxygen atoms in total. The average Bonchev–Trinajstić information content (AvgIpc) is 3.08. The fourth-order valence-corrected chi connectivity index (χ4v) is 2.63. The number of hydrogen-bond donors (Lipinski definition) is 0. The number of rotatable bonds is 3. The molecule has 0 saturated carbocycles. The van der Waals surface area contributed by atoms with E-state index in [1.807, 2.05) is 20.8 Å². The summed E-state index contributed by atoms with van der Waals surface area (Å²) in [5.74, 6) is 0.752. The minimum Gasteiger partial charge on any atom is -0.339 e. The molecule has 1 amide bonds. The second kappa shape index (κ2) is 5.51. The van der Waals surface area contributed by atoms with Crippen LogP contribution < -0.4 is 4.90 Å². The predicted octanol–water partition coefficient (Wildman–Crippen LogP) is 3.16. The van der Waals surface area contributed by atoms with Gasteiger partial charge in [0.05, 0.1) is 5.92 Å². The van der Waals surface area contributed by atoms with Crippen LogP contribution in [0, 0.1) is 12.7 Å². The summed E-state index contributed by atoms with van der Waals surface area (Å²) >= 11 is 0. The molecule has 1 aliphatic heterocycles. The van der Waals surface area contributed by atoms with Gasteiger partial charge in [0, 0.05) is 24.6 Å². The third-order valence-corrected chi connectivity index (χ3v) is 3.91. The van der Waals surface area contributed by atoms with Gasteiger partial charge in [0.15, 0.2) is 5.82 Å². The van der Waals surface area contributed by atoms with Crippen molar-refractivity contribution in [2.45, 2.75) is 39.0 Å². The molecule has 1 aromatic heterocycles. The molecule has 0 spiro atoms. The van der Waals surface area contributed by atoms with Crippen LogP contribution in [0.4, 0.5) is 10.1 Å². The lowest BCUT2D eigenvalue weighted by Gasteiger charge is -2.18. The van der Waals surface area contributed by atoms with Gasteiger partial charge in [-0.2, -0.15) is 4.98 Å². The molecule has 1 atom stereocenters. The molecule has 0 aliphatic carbocycles. The summed E-state index contributed by atoms with van der Waals surface area (Å²) in [5, 5.41) is 3.94. The van der Waals surface area contributed by atoms with Crippen LogP contribution in [0.2, 0.25) is 0 Å². The molecular formula is C16H18FN3O2. The summed E-state index contributed by atoms with van der Waals surface area (Å²) in [5.41, 5.74) is 1.47. The van der Waals surface area contributed by atoms with Crippen molar-refractivity contribution in [3.8, 4) is 0 Å². The highest BCUT2D eigenvalue weighted by atomic mass is 19.1. The number of carbonyl (C=O) groups is 1. The van der Waals surface area contributed by atoms with Crippen molar-refractivity contribution >= 4 is 11.6 Å². The Morgan fingerprint density at radius 3 is 2.86 bits per heavy atom. The Balaban J connectivity index is 1.85. The predicted molar refractivity (Wildman–Crippen MR) is 79.2 cm³/mol. The zero-order valence-corrected chi connectivity index (χ0v) is 12.8. The van der Waals surface area contributed by atoms with Gasteiger partial charge in [0.1, 0.15) is 5.82 Å². The second-order valence-electron chi connectivity index (χ2n) is 5.98. The molecular weight excluding hydrogens is 285 g/mol. The molecule has 2 heterocycles. The van der Waals surface area contributed by atoms with Gasteiger partial charge in [-0.05, 0) is 24.6 Å². The lowest BCUT2D eigenvalue weighted by Crippen LogP contribution is -2.25. The molecule has 1 saturated heterocycles. The van der Waals surface area contributed by atoms with Gasteiger partial charge < -0.3 is 9.42 Å². The van der Waals surface area contributed by atoms with E-state index in [0.29, 0.717) is 30.4 Å². The number of aromatic nitrogens is 2. The van der Waals surface area contributed by atoms with Crippen molar-refractivity contribution in [2.24, 2.45) is 0 Å². The van der Waals surface area contributed by atoms with Gasteiger partial charge in [-0.3, -0.25) is 4.79 Å². The maximum atomic E-state index is 13.5. The molecule has 2 aromatic rings. The smallest absolute Gasteiger partial charge is 0.232 e. The fraction of sp³-hybridized carbons (Fsp3) is 0.438. The molecule has 1 aliphatic rings. The van der Waals surface area contributed by atoms with Crippen LogP contribution >= 0.6 is 0 Å². The number of carbonyl (C=O) groups excluding carboxylic acids is 1. The highest BCUT2D eigenvalue weighted by molar-refractivity contribution is 5.97. The molecule has 6 heteroatoms. The van der Waals surface area contributed by atoms with E-state index >= 15 is 0 Å². The first-order valence-electron chi connectivity index (χ1n) is 7.35. The van der Waals surface area contributed by atoms with Crippen LogP contribution in [0.3, 0.4) is 0 Å². The first-order chi connectivity index (χ1) is 10.5. The van der Waals surface area contributed by atoms with Gasteiger partial charge in [0.25, 0.3) is 0 Å². The van der Waals surface area contributed by atoms with Crippen LogP contribution in [0.15, 0.2) is 22.7 Å². The molecule has 1 fully saturated rings. The largest absolute Gasteiger partial charge is 0.339 e. The maximum absolute atomic E-state index is 13.5. The number of hydrogen-bond acceptors (Lipinski definition) is 4. The van der Waals surface area contributed by atoms with Crippen LogP contribution in [0.5, 0.6) is 0 Å². The number of benzene rings is 1. The summed E-state index contributed by atoms with van der Waals surface area (Å²) in [6.07, 6.45) is 0.301. The number of amides is 1. The highest BCUT2D eigenvalue weighted by Crippen LogP contribution is 2.33. The van der Waals surface area contributed by atoms with E-state index in [1.54, 1.807) is 11.0 Å². The van der Waals surface area contributed by atoms with Gasteiger partial charge in [0.2, 0.25) is 11.8 Å². The molecule has 1 aromatic carbocycles. The summed E-state index contributed by atoms with van der Waals surface area (Å²) in [7, 11) is 0. The van der Waals surface area contributed by atoms with Crippen molar-refractivity contribution in [1.82, 2.24) is 10.1 Å². The molecule has 116 valence electrons. The van der Waals surface area contributed by atoms with E-state index in [1.165, 1.54) is 12.1 Å². The molecule has 0 bridgehead atoms. The summed E-state index contributed by atoms with van der Waals surface area (Å²) in [4.78, 5) is 18.2. The first-order valence-corrected chi connectivity index (χ1v) is 7.35. The lowest BCUT2D eigenvalue weighted by atomic mass is 10.1. The number of aryl methyl sites for hydroxylation is 1. The van der Waals surface area contributed by atoms with E-state index in [2.05, 4.69) is 10.1 Å². The highest BCUT2D eigenvalue weighted by Gasteiger charge is 2.35. The van der Waals surface area contributed by atoms with Crippen LogP contribution in [-0.4, -0.2) is 22.6 Å². The third kappa shape index (κ3) is 2.61. The Bertz CT molecular complexity index is 711. The zero-order chi connectivity index (χ0) is 15.9. The first kappa shape index (κ1) is 14.7. The van der Waals surface area contributed by atoms with Crippen molar-refractivity contribution in [2.75, 3.05) is 11.4 Å². The van der Waals surface area contributed by atoms with E-state index < -0.39 is 0 Å². The van der Waals surface area contributed by atoms with Crippen LogP contribution in [0.1, 0.15) is 49.4 Å². The maximum Gasteiger partial charge on any atom is 0.232 e. The Morgan fingerprint density at radius 2 is 2.18 bits per heavy atom. The molecule has 3 rings (SSSR count). The standard InChI is InChI=1S/C16H18FN3O2/c1-9(2)15-18-16(22-19-15)11-6-14(21)20(8-11)13-7-12(17)5-4-10(13)3/h4-5,7,9,11H,6,8H2,1-3H3. The minimum absolute atomic E-state index is 0.0528. The summed E-state index contributed by atoms with van der Waals surface area (Å²) < 4.78 is 18.7. The monoisotopic (exact) mass is 303 g/mol. The number of nitrogens with zero attached hydrogens (tertiary/aromatic N) is 3. The average molecular weight is 303 g/mol. The summed E-state index contributed by atoms with van der Waals surface area (Å²) in [6.45, 7) is 6.26. The van der Waals surface area contributed by atoms with Gasteiger partial charge in [-0.25, -0.2) is 4.39 Å². The van der Waals surface area contributed by atoms with E-state index in [4.69, 9.17) is 4.52 Å². The van der Waals surface area contributed by atoms with E-state index in [0.717, 1.165) is 5.56 Å².